The van der Waals surface area contributed by atoms with Gasteiger partial charge >= 0.3 is 11.9 Å². The molecule has 0 aliphatic heterocycles. The molecule has 0 unspecified atom stereocenters. The van der Waals surface area contributed by atoms with E-state index in [4.69, 9.17) is 9.15 Å². The third-order valence-corrected chi connectivity index (χ3v) is 3.78. The number of benzene rings is 1. The predicted octanol–water partition coefficient (Wildman–Crippen LogP) is 2.99. The lowest BCUT2D eigenvalue weighted by Crippen LogP contribution is -2.16. The molecule has 0 bridgehead atoms. The Morgan fingerprint density at radius 1 is 1.00 bits per heavy atom. The number of ether oxygens (including phenoxy) is 2. The van der Waals surface area contributed by atoms with Crippen molar-refractivity contribution in [2.75, 3.05) is 19.5 Å². The molecule has 0 radical (unpaired) electrons. The lowest BCUT2D eigenvalue weighted by Gasteiger charge is -2.11. The van der Waals surface area contributed by atoms with E-state index >= 15 is 0 Å². The second-order valence-electron chi connectivity index (χ2n) is 5.51. The van der Waals surface area contributed by atoms with Crippen LogP contribution in [0.1, 0.15) is 45.6 Å². The Balaban J connectivity index is 2.12. The van der Waals surface area contributed by atoms with E-state index in [-0.39, 0.29) is 29.1 Å². The highest BCUT2D eigenvalue weighted by molar-refractivity contribution is 6.03. The number of hydrogen-bond donors (Lipinski definition) is 1. The molecular weight excluding hydrogens is 338 g/mol. The summed E-state index contributed by atoms with van der Waals surface area (Å²) in [6.45, 7) is 1.98. The monoisotopic (exact) mass is 359 g/mol. The van der Waals surface area contributed by atoms with E-state index in [2.05, 4.69) is 10.1 Å². The van der Waals surface area contributed by atoms with Gasteiger partial charge in [0.2, 0.25) is 5.91 Å². The van der Waals surface area contributed by atoms with Crippen LogP contribution in [-0.2, 0) is 27.1 Å². The molecule has 1 amide bonds. The van der Waals surface area contributed by atoms with Gasteiger partial charge in [-0.15, -0.1) is 0 Å². The number of rotatable bonds is 7. The highest BCUT2D eigenvalue weighted by Crippen LogP contribution is 2.20. The number of methoxy groups -OCH3 is 2. The molecule has 138 valence electrons. The van der Waals surface area contributed by atoms with Gasteiger partial charge in [-0.2, -0.15) is 0 Å². The Hall–Kier alpha value is -3.09. The van der Waals surface area contributed by atoms with Crippen LogP contribution in [0, 0.1) is 0 Å². The Morgan fingerprint density at radius 2 is 1.69 bits per heavy atom. The molecule has 0 aliphatic carbocycles. The summed E-state index contributed by atoms with van der Waals surface area (Å²) < 4.78 is 14.9. The first-order chi connectivity index (χ1) is 12.5. The lowest BCUT2D eigenvalue weighted by atomic mass is 10.1. The first kappa shape index (κ1) is 19.2. The predicted molar refractivity (Wildman–Crippen MR) is 94.2 cm³/mol. The van der Waals surface area contributed by atoms with Crippen molar-refractivity contribution in [2.45, 2.75) is 26.2 Å². The summed E-state index contributed by atoms with van der Waals surface area (Å²) in [4.78, 5) is 35.8. The van der Waals surface area contributed by atoms with Crippen molar-refractivity contribution in [3.8, 4) is 0 Å². The molecular formula is C19H21NO6. The minimum absolute atomic E-state index is 0.153. The Labute approximate surface area is 151 Å². The largest absolute Gasteiger partial charge is 0.466 e. The van der Waals surface area contributed by atoms with Gasteiger partial charge in [-0.1, -0.05) is 6.92 Å². The summed E-state index contributed by atoms with van der Waals surface area (Å²) in [7, 11) is 2.49. The summed E-state index contributed by atoms with van der Waals surface area (Å²) >= 11 is 0. The molecule has 0 fully saturated rings. The molecule has 0 aliphatic rings. The highest BCUT2D eigenvalue weighted by Gasteiger charge is 2.17. The molecule has 0 atom stereocenters. The molecule has 0 spiro atoms. The van der Waals surface area contributed by atoms with E-state index in [1.807, 2.05) is 19.1 Å². The fourth-order valence-corrected chi connectivity index (χ4v) is 2.38. The second-order valence-corrected chi connectivity index (χ2v) is 5.51. The van der Waals surface area contributed by atoms with Gasteiger partial charge in [-0.05, 0) is 30.3 Å². The number of esters is 2. The van der Waals surface area contributed by atoms with Crippen LogP contribution < -0.4 is 5.32 Å². The Kier molecular flexibility index (Phi) is 6.54. The third-order valence-electron chi connectivity index (χ3n) is 3.78. The zero-order chi connectivity index (χ0) is 19.1. The van der Waals surface area contributed by atoms with Crippen molar-refractivity contribution in [1.82, 2.24) is 0 Å². The second kappa shape index (κ2) is 8.84. The van der Waals surface area contributed by atoms with Gasteiger partial charge in [0.1, 0.15) is 11.5 Å². The number of nitrogens with one attached hydrogen (secondary N) is 1. The maximum atomic E-state index is 12.3. The van der Waals surface area contributed by atoms with Gasteiger partial charge in [0.05, 0.1) is 31.0 Å². The number of carbonyl (C=O) groups excluding carboxylic acids is 3. The van der Waals surface area contributed by atoms with E-state index in [9.17, 15) is 14.4 Å². The van der Waals surface area contributed by atoms with Crippen molar-refractivity contribution in [1.29, 1.82) is 0 Å². The molecule has 7 nitrogen and oxygen atoms in total. The molecule has 1 aromatic carbocycles. The number of carbonyl (C=O) groups is 3. The van der Waals surface area contributed by atoms with Crippen molar-refractivity contribution in [2.24, 2.45) is 0 Å². The molecule has 2 rings (SSSR count). The molecule has 1 aromatic heterocycles. The summed E-state index contributed by atoms with van der Waals surface area (Å²) in [6, 6.07) is 7.95. The van der Waals surface area contributed by atoms with Crippen molar-refractivity contribution in [3.05, 3.63) is 53.0 Å². The van der Waals surface area contributed by atoms with Crippen LogP contribution >= 0.6 is 0 Å². The normalized spacial score (nSPS) is 10.3. The van der Waals surface area contributed by atoms with Gasteiger partial charge in [0.25, 0.3) is 0 Å². The van der Waals surface area contributed by atoms with Crippen LogP contribution in [0.2, 0.25) is 0 Å². The summed E-state index contributed by atoms with van der Waals surface area (Å²) in [5.41, 5.74) is 0.562. The lowest BCUT2D eigenvalue weighted by molar-refractivity contribution is -0.116. The van der Waals surface area contributed by atoms with Crippen LogP contribution in [0.25, 0.3) is 0 Å². The summed E-state index contributed by atoms with van der Waals surface area (Å²) in [6.07, 6.45) is 1.38. The smallest absolute Gasteiger partial charge is 0.339 e. The first-order valence-corrected chi connectivity index (χ1v) is 8.16. The standard InChI is InChI=1S/C19H21NO6/c1-4-13-6-7-14(26-13)8-10-17(21)20-16-11-12(18(22)24-2)5-9-15(16)19(23)25-3/h5-7,9,11H,4,8,10H2,1-3H3,(H,20,21). The van der Waals surface area contributed by atoms with Crippen LogP contribution in [-0.4, -0.2) is 32.1 Å². The van der Waals surface area contributed by atoms with E-state index in [0.29, 0.717) is 12.2 Å². The zero-order valence-electron chi connectivity index (χ0n) is 15.0. The van der Waals surface area contributed by atoms with Gasteiger partial charge in [-0.3, -0.25) is 4.79 Å². The fraction of sp³-hybridized carbons (Fsp3) is 0.316. The maximum Gasteiger partial charge on any atom is 0.339 e. The SMILES string of the molecule is CCc1ccc(CCC(=O)Nc2cc(C(=O)OC)ccc2C(=O)OC)o1. The average molecular weight is 359 g/mol. The van der Waals surface area contributed by atoms with Crippen molar-refractivity contribution >= 4 is 23.5 Å². The molecule has 2 aromatic rings. The first-order valence-electron chi connectivity index (χ1n) is 8.16. The highest BCUT2D eigenvalue weighted by atomic mass is 16.5. The van der Waals surface area contributed by atoms with E-state index < -0.39 is 11.9 Å². The molecule has 26 heavy (non-hydrogen) atoms. The summed E-state index contributed by atoms with van der Waals surface area (Å²) in [5.74, 6) is 0.0780. The molecule has 0 saturated carbocycles. The van der Waals surface area contributed by atoms with Crippen molar-refractivity contribution in [3.63, 3.8) is 0 Å². The molecule has 1 heterocycles. The Morgan fingerprint density at radius 3 is 2.31 bits per heavy atom. The minimum Gasteiger partial charge on any atom is -0.466 e. The van der Waals surface area contributed by atoms with E-state index in [0.717, 1.165) is 12.2 Å². The zero-order valence-corrected chi connectivity index (χ0v) is 15.0. The quantitative estimate of drug-likeness (QED) is 0.764. The number of anilines is 1. The van der Waals surface area contributed by atoms with Crippen molar-refractivity contribution < 1.29 is 28.3 Å². The molecule has 1 N–H and O–H groups in total. The van der Waals surface area contributed by atoms with Gasteiger partial charge in [0, 0.05) is 19.3 Å². The number of hydrogen-bond acceptors (Lipinski definition) is 6. The topological polar surface area (TPSA) is 94.8 Å². The van der Waals surface area contributed by atoms with Gasteiger partial charge in [-0.25, -0.2) is 9.59 Å². The van der Waals surface area contributed by atoms with E-state index in [1.165, 1.54) is 32.4 Å². The maximum absolute atomic E-state index is 12.3. The minimum atomic E-state index is -0.615. The number of furan rings is 1. The van der Waals surface area contributed by atoms with Crippen LogP contribution in [0.3, 0.4) is 0 Å². The van der Waals surface area contributed by atoms with Gasteiger partial charge < -0.3 is 19.2 Å². The van der Waals surface area contributed by atoms with Gasteiger partial charge in [0.15, 0.2) is 0 Å². The van der Waals surface area contributed by atoms with Crippen LogP contribution in [0.15, 0.2) is 34.7 Å². The number of aryl methyl sites for hydroxylation is 2. The molecule has 0 saturated heterocycles. The van der Waals surface area contributed by atoms with Crippen LogP contribution in [0.4, 0.5) is 5.69 Å². The third kappa shape index (κ3) is 4.72. The Bertz CT molecular complexity index is 808. The van der Waals surface area contributed by atoms with Crippen LogP contribution in [0.5, 0.6) is 0 Å². The van der Waals surface area contributed by atoms with E-state index in [1.54, 1.807) is 0 Å². The fourth-order valence-electron chi connectivity index (χ4n) is 2.38. The average Bonchev–Trinajstić information content (AvgIpc) is 3.13. The molecule has 7 heteroatoms. The number of amides is 1. The summed E-state index contributed by atoms with van der Waals surface area (Å²) in [5, 5.41) is 2.65.